The highest BCUT2D eigenvalue weighted by atomic mass is 16.5. The predicted octanol–water partition coefficient (Wildman–Crippen LogP) is 3.28. The third-order valence-electron chi connectivity index (χ3n) is 5.90. The van der Waals surface area contributed by atoms with Crippen LogP contribution in [-0.2, 0) is 4.79 Å². The standard InChI is InChI=1S/C21H26N2O4/c1-26-13-7-8-14(19(11-13)27-2)12-9-17(24)20(18(25)10-12)21-22-15-5-3-4-6-16(15)23-21/h7-8,11-12,15-16,24H,3-6,9-10H2,1-2H3,(H,22,23). The second-order valence-corrected chi connectivity index (χ2v) is 7.54. The van der Waals surface area contributed by atoms with Crippen LogP contribution in [0.15, 0.2) is 34.5 Å². The normalized spacial score (nSPS) is 27.7. The molecule has 0 spiro atoms. The molecule has 0 bridgehead atoms. The summed E-state index contributed by atoms with van der Waals surface area (Å²) in [4.78, 5) is 17.6. The van der Waals surface area contributed by atoms with Crippen molar-refractivity contribution in [3.05, 3.63) is 35.1 Å². The molecule has 6 heteroatoms. The number of ether oxygens (including phenoxy) is 2. The summed E-state index contributed by atoms with van der Waals surface area (Å²) in [6, 6.07) is 6.12. The predicted molar refractivity (Wildman–Crippen MR) is 103 cm³/mol. The molecular formula is C21H26N2O4. The first kappa shape index (κ1) is 17.9. The van der Waals surface area contributed by atoms with Crippen molar-refractivity contribution in [2.75, 3.05) is 14.2 Å². The van der Waals surface area contributed by atoms with Crippen molar-refractivity contribution in [2.45, 2.75) is 56.5 Å². The Balaban J connectivity index is 1.59. The van der Waals surface area contributed by atoms with Crippen LogP contribution in [0.3, 0.4) is 0 Å². The van der Waals surface area contributed by atoms with Gasteiger partial charge >= 0.3 is 0 Å². The van der Waals surface area contributed by atoms with Gasteiger partial charge in [0.05, 0.1) is 25.8 Å². The molecule has 2 aliphatic carbocycles. The Morgan fingerprint density at radius 1 is 1.15 bits per heavy atom. The van der Waals surface area contributed by atoms with Gasteiger partial charge in [-0.3, -0.25) is 9.79 Å². The molecule has 1 aliphatic heterocycles. The molecule has 0 radical (unpaired) electrons. The molecule has 144 valence electrons. The summed E-state index contributed by atoms with van der Waals surface area (Å²) in [6.45, 7) is 0. The fourth-order valence-electron chi connectivity index (χ4n) is 4.49. The highest BCUT2D eigenvalue weighted by Gasteiger charge is 2.38. The number of nitrogens with zero attached hydrogens (tertiary/aromatic N) is 1. The van der Waals surface area contributed by atoms with Gasteiger partial charge in [-0.05, 0) is 24.5 Å². The number of benzene rings is 1. The molecule has 0 saturated heterocycles. The number of aliphatic hydroxyl groups is 1. The van der Waals surface area contributed by atoms with E-state index in [1.165, 1.54) is 12.8 Å². The fourth-order valence-corrected chi connectivity index (χ4v) is 4.49. The van der Waals surface area contributed by atoms with E-state index < -0.39 is 0 Å². The number of allylic oxidation sites excluding steroid dienone is 1. The third-order valence-corrected chi connectivity index (χ3v) is 5.90. The molecule has 1 heterocycles. The SMILES string of the molecule is COc1ccc(C2CC(=O)C(C3=NC4CCCCC4N3)=C(O)C2)c(OC)c1. The number of methoxy groups -OCH3 is 2. The quantitative estimate of drug-likeness (QED) is 0.850. The van der Waals surface area contributed by atoms with E-state index in [4.69, 9.17) is 14.5 Å². The summed E-state index contributed by atoms with van der Waals surface area (Å²) in [5.74, 6) is 1.91. The minimum Gasteiger partial charge on any atom is -0.511 e. The van der Waals surface area contributed by atoms with Gasteiger partial charge in [-0.1, -0.05) is 18.9 Å². The molecule has 2 N–H and O–H groups in total. The lowest BCUT2D eigenvalue weighted by Crippen LogP contribution is -2.39. The van der Waals surface area contributed by atoms with Gasteiger partial charge in [0.25, 0.3) is 0 Å². The van der Waals surface area contributed by atoms with Crippen LogP contribution in [0.4, 0.5) is 0 Å². The summed E-state index contributed by atoms with van der Waals surface area (Å²) in [5.41, 5.74) is 1.29. The lowest BCUT2D eigenvalue weighted by Gasteiger charge is -2.26. The first-order valence-corrected chi connectivity index (χ1v) is 9.62. The first-order chi connectivity index (χ1) is 13.1. The molecule has 4 rings (SSSR count). The number of amidine groups is 1. The Kier molecular flexibility index (Phi) is 4.81. The van der Waals surface area contributed by atoms with Crippen LogP contribution < -0.4 is 14.8 Å². The van der Waals surface area contributed by atoms with Crippen LogP contribution in [0.1, 0.15) is 50.0 Å². The summed E-state index contributed by atoms with van der Waals surface area (Å²) in [5, 5.41) is 14.1. The largest absolute Gasteiger partial charge is 0.511 e. The van der Waals surface area contributed by atoms with Crippen LogP contribution in [-0.4, -0.2) is 43.0 Å². The summed E-state index contributed by atoms with van der Waals surface area (Å²) in [6.07, 6.45) is 5.23. The fraction of sp³-hybridized carbons (Fsp3) is 0.524. The lowest BCUT2D eigenvalue weighted by atomic mass is 9.82. The van der Waals surface area contributed by atoms with Crippen LogP contribution in [0, 0.1) is 0 Å². The minimum atomic E-state index is -0.119. The van der Waals surface area contributed by atoms with Crippen molar-refractivity contribution in [1.82, 2.24) is 5.32 Å². The van der Waals surface area contributed by atoms with Crippen molar-refractivity contribution in [1.29, 1.82) is 0 Å². The lowest BCUT2D eigenvalue weighted by molar-refractivity contribution is -0.116. The van der Waals surface area contributed by atoms with Crippen LogP contribution >= 0.6 is 0 Å². The van der Waals surface area contributed by atoms with Gasteiger partial charge in [0, 0.05) is 30.9 Å². The van der Waals surface area contributed by atoms with Gasteiger partial charge in [-0.25, -0.2) is 0 Å². The number of aliphatic hydroxyl groups excluding tert-OH is 1. The molecule has 3 atom stereocenters. The highest BCUT2D eigenvalue weighted by molar-refractivity contribution is 6.23. The van der Waals surface area contributed by atoms with E-state index in [-0.39, 0.29) is 23.5 Å². The Labute approximate surface area is 159 Å². The number of ketones is 1. The van der Waals surface area contributed by atoms with Crippen molar-refractivity contribution < 1.29 is 19.4 Å². The topological polar surface area (TPSA) is 80.2 Å². The number of carbonyl (C=O) groups excluding carboxylic acids is 1. The molecular weight excluding hydrogens is 344 g/mol. The Bertz CT molecular complexity index is 814. The van der Waals surface area contributed by atoms with Crippen molar-refractivity contribution in [3.63, 3.8) is 0 Å². The van der Waals surface area contributed by atoms with E-state index in [1.807, 2.05) is 18.2 Å². The van der Waals surface area contributed by atoms with E-state index in [9.17, 15) is 9.90 Å². The molecule has 1 aromatic carbocycles. The number of hydrogen-bond donors (Lipinski definition) is 2. The van der Waals surface area contributed by atoms with Crippen molar-refractivity contribution >= 4 is 11.6 Å². The number of carbonyl (C=O) groups is 1. The number of rotatable bonds is 4. The van der Waals surface area contributed by atoms with Crippen molar-refractivity contribution in [3.8, 4) is 11.5 Å². The highest BCUT2D eigenvalue weighted by Crippen LogP contribution is 2.40. The van der Waals surface area contributed by atoms with Gasteiger partial charge in [0.1, 0.15) is 23.1 Å². The zero-order chi connectivity index (χ0) is 19.0. The van der Waals surface area contributed by atoms with Crippen LogP contribution in [0.2, 0.25) is 0 Å². The molecule has 3 unspecified atom stereocenters. The zero-order valence-corrected chi connectivity index (χ0v) is 15.8. The second-order valence-electron chi connectivity index (χ2n) is 7.54. The average Bonchev–Trinajstić information content (AvgIpc) is 3.10. The number of nitrogens with one attached hydrogen (secondary N) is 1. The van der Waals surface area contributed by atoms with Crippen LogP contribution in [0.5, 0.6) is 11.5 Å². The molecule has 0 aromatic heterocycles. The van der Waals surface area contributed by atoms with Gasteiger partial charge in [0.2, 0.25) is 0 Å². The maximum absolute atomic E-state index is 12.9. The molecule has 27 heavy (non-hydrogen) atoms. The number of fused-ring (bicyclic) bond motifs is 1. The van der Waals surface area contributed by atoms with E-state index in [0.29, 0.717) is 41.8 Å². The molecule has 1 aromatic rings. The van der Waals surface area contributed by atoms with Crippen LogP contribution in [0.25, 0.3) is 0 Å². The van der Waals surface area contributed by atoms with E-state index in [1.54, 1.807) is 14.2 Å². The van der Waals surface area contributed by atoms with Gasteiger partial charge < -0.3 is 19.9 Å². The van der Waals surface area contributed by atoms with E-state index in [2.05, 4.69) is 5.32 Å². The Morgan fingerprint density at radius 3 is 2.67 bits per heavy atom. The molecule has 1 fully saturated rings. The minimum absolute atomic E-state index is 0.0634. The Morgan fingerprint density at radius 2 is 1.96 bits per heavy atom. The molecule has 3 aliphatic rings. The molecule has 0 amide bonds. The van der Waals surface area contributed by atoms with Gasteiger partial charge in [-0.2, -0.15) is 0 Å². The average molecular weight is 370 g/mol. The summed E-state index contributed by atoms with van der Waals surface area (Å²) >= 11 is 0. The molecule has 1 saturated carbocycles. The number of hydrogen-bond acceptors (Lipinski definition) is 6. The number of Topliss-reactive ketones (excluding diaryl/α,β-unsaturated/α-hetero) is 1. The summed E-state index contributed by atoms with van der Waals surface area (Å²) in [7, 11) is 3.20. The van der Waals surface area contributed by atoms with Gasteiger partial charge in [-0.15, -0.1) is 0 Å². The summed E-state index contributed by atoms with van der Waals surface area (Å²) < 4.78 is 10.7. The monoisotopic (exact) mass is 370 g/mol. The van der Waals surface area contributed by atoms with E-state index in [0.717, 1.165) is 18.4 Å². The molecule has 6 nitrogen and oxygen atoms in total. The maximum atomic E-state index is 12.9. The maximum Gasteiger partial charge on any atom is 0.170 e. The smallest absolute Gasteiger partial charge is 0.170 e. The second kappa shape index (κ2) is 7.25. The van der Waals surface area contributed by atoms with Gasteiger partial charge in [0.15, 0.2) is 5.78 Å². The van der Waals surface area contributed by atoms with Crippen molar-refractivity contribution in [2.24, 2.45) is 4.99 Å². The first-order valence-electron chi connectivity index (χ1n) is 9.62. The zero-order valence-electron chi connectivity index (χ0n) is 15.8. The third kappa shape index (κ3) is 3.29. The number of aliphatic imine (C=N–C) groups is 1. The Hall–Kier alpha value is -2.50. The van der Waals surface area contributed by atoms with E-state index >= 15 is 0 Å².